The lowest BCUT2D eigenvalue weighted by atomic mass is 10.00. The van der Waals surface area contributed by atoms with Gasteiger partial charge in [0.1, 0.15) is 12.9 Å². The second-order valence-corrected chi connectivity index (χ2v) is 4.75. The zero-order valence-electron chi connectivity index (χ0n) is 10.8. The monoisotopic (exact) mass is 236 g/mol. The first kappa shape index (κ1) is 12.3. The molecule has 4 heteroatoms. The number of rotatable bonds is 6. The van der Waals surface area contributed by atoms with Gasteiger partial charge in [-0.2, -0.15) is 0 Å². The molecule has 0 spiro atoms. The fraction of sp³-hybridized carbons (Fsp3) is 0.692. The van der Waals surface area contributed by atoms with Crippen LogP contribution >= 0.6 is 0 Å². The molecule has 0 amide bonds. The third-order valence-corrected chi connectivity index (χ3v) is 2.95. The van der Waals surface area contributed by atoms with Crippen LogP contribution in [0, 0.1) is 0 Å². The van der Waals surface area contributed by atoms with Crippen LogP contribution in [0.2, 0.25) is 0 Å². The highest BCUT2D eigenvalue weighted by molar-refractivity contribution is 5.36. The van der Waals surface area contributed by atoms with Crippen LogP contribution < -0.4 is 4.74 Å². The summed E-state index contributed by atoms with van der Waals surface area (Å²) in [5, 5.41) is 0. The molecule has 1 aromatic rings. The number of hydrogen-bond donors (Lipinski definition) is 0. The van der Waals surface area contributed by atoms with Crippen LogP contribution in [-0.2, 0) is 4.74 Å². The van der Waals surface area contributed by atoms with Crippen molar-refractivity contribution >= 4 is 0 Å². The van der Waals surface area contributed by atoms with Crippen LogP contribution in [0.15, 0.2) is 6.33 Å². The maximum atomic E-state index is 5.68. The molecule has 0 atom stereocenters. The summed E-state index contributed by atoms with van der Waals surface area (Å²) in [7, 11) is 1.67. The summed E-state index contributed by atoms with van der Waals surface area (Å²) in [6.45, 7) is 5.44. The van der Waals surface area contributed by atoms with Crippen molar-refractivity contribution in [1.29, 1.82) is 0 Å². The van der Waals surface area contributed by atoms with E-state index in [4.69, 9.17) is 9.47 Å². The van der Waals surface area contributed by atoms with Gasteiger partial charge in [-0.15, -0.1) is 0 Å². The molecule has 4 nitrogen and oxygen atoms in total. The Balaban J connectivity index is 2.20. The van der Waals surface area contributed by atoms with Crippen LogP contribution in [0.25, 0.3) is 0 Å². The Bertz CT molecular complexity index is 376. The SMILES string of the molecule is COCCOc1ncnc(C2CC2)c1C(C)C. The fourth-order valence-corrected chi connectivity index (χ4v) is 1.95. The Morgan fingerprint density at radius 2 is 2.06 bits per heavy atom. The fourth-order valence-electron chi connectivity index (χ4n) is 1.95. The largest absolute Gasteiger partial charge is 0.475 e. The topological polar surface area (TPSA) is 44.2 Å². The van der Waals surface area contributed by atoms with Crippen LogP contribution in [0.1, 0.15) is 49.8 Å². The standard InChI is InChI=1S/C13H20N2O2/c1-9(2)11-12(10-4-5-10)14-8-15-13(11)17-7-6-16-3/h8-10H,4-7H2,1-3H3. The number of ether oxygens (including phenoxy) is 2. The summed E-state index contributed by atoms with van der Waals surface area (Å²) in [5.41, 5.74) is 2.36. The highest BCUT2D eigenvalue weighted by Gasteiger charge is 2.30. The van der Waals surface area contributed by atoms with Crippen LogP contribution in [0.4, 0.5) is 0 Å². The minimum Gasteiger partial charge on any atom is -0.475 e. The van der Waals surface area contributed by atoms with Crippen molar-refractivity contribution in [2.24, 2.45) is 0 Å². The van der Waals surface area contributed by atoms with E-state index in [0.29, 0.717) is 25.0 Å². The highest BCUT2D eigenvalue weighted by atomic mass is 16.5. The van der Waals surface area contributed by atoms with Crippen LogP contribution in [0.3, 0.4) is 0 Å². The van der Waals surface area contributed by atoms with Crippen molar-refractivity contribution in [2.45, 2.75) is 38.5 Å². The number of methoxy groups -OCH3 is 1. The number of nitrogens with zero attached hydrogens (tertiary/aromatic N) is 2. The van der Waals surface area contributed by atoms with Gasteiger partial charge in [0.25, 0.3) is 0 Å². The molecule has 2 rings (SSSR count). The average Bonchev–Trinajstić information content (AvgIpc) is 3.12. The van der Waals surface area contributed by atoms with Crippen molar-refractivity contribution in [3.05, 3.63) is 17.6 Å². The lowest BCUT2D eigenvalue weighted by Gasteiger charge is -2.15. The second-order valence-electron chi connectivity index (χ2n) is 4.75. The molecule has 17 heavy (non-hydrogen) atoms. The average molecular weight is 236 g/mol. The Morgan fingerprint density at radius 1 is 1.29 bits per heavy atom. The molecule has 94 valence electrons. The molecular weight excluding hydrogens is 216 g/mol. The van der Waals surface area contributed by atoms with Crippen molar-refractivity contribution in [3.63, 3.8) is 0 Å². The van der Waals surface area contributed by atoms with Crippen LogP contribution in [0.5, 0.6) is 5.88 Å². The maximum absolute atomic E-state index is 5.68. The first-order valence-electron chi connectivity index (χ1n) is 6.20. The molecule has 1 fully saturated rings. The molecule has 1 heterocycles. The van der Waals surface area contributed by atoms with E-state index in [9.17, 15) is 0 Å². The maximum Gasteiger partial charge on any atom is 0.220 e. The normalized spacial score (nSPS) is 15.3. The lowest BCUT2D eigenvalue weighted by Crippen LogP contribution is -2.10. The third kappa shape index (κ3) is 2.94. The van der Waals surface area contributed by atoms with Gasteiger partial charge in [0, 0.05) is 18.6 Å². The van der Waals surface area contributed by atoms with Gasteiger partial charge in [-0.1, -0.05) is 13.8 Å². The highest BCUT2D eigenvalue weighted by Crippen LogP contribution is 2.43. The van der Waals surface area contributed by atoms with E-state index in [1.807, 2.05) is 0 Å². The van der Waals surface area contributed by atoms with Gasteiger partial charge in [-0.05, 0) is 18.8 Å². The van der Waals surface area contributed by atoms with E-state index >= 15 is 0 Å². The minimum absolute atomic E-state index is 0.393. The molecular formula is C13H20N2O2. The second kappa shape index (κ2) is 5.45. The molecule has 0 radical (unpaired) electrons. The van der Waals surface area contributed by atoms with Gasteiger partial charge >= 0.3 is 0 Å². The predicted molar refractivity (Wildman–Crippen MR) is 65.5 cm³/mol. The van der Waals surface area contributed by atoms with Crippen molar-refractivity contribution in [2.75, 3.05) is 20.3 Å². The van der Waals surface area contributed by atoms with Crippen molar-refractivity contribution in [3.8, 4) is 5.88 Å². The molecule has 1 aliphatic carbocycles. The molecule has 0 N–H and O–H groups in total. The molecule has 0 bridgehead atoms. The summed E-state index contributed by atoms with van der Waals surface area (Å²) >= 11 is 0. The molecule has 0 aromatic carbocycles. The summed E-state index contributed by atoms with van der Waals surface area (Å²) in [5.74, 6) is 1.75. The Morgan fingerprint density at radius 3 is 2.65 bits per heavy atom. The van der Waals surface area contributed by atoms with Crippen molar-refractivity contribution < 1.29 is 9.47 Å². The van der Waals surface area contributed by atoms with E-state index < -0.39 is 0 Å². The smallest absolute Gasteiger partial charge is 0.220 e. The van der Waals surface area contributed by atoms with Gasteiger partial charge in [-0.3, -0.25) is 0 Å². The zero-order chi connectivity index (χ0) is 12.3. The van der Waals surface area contributed by atoms with Gasteiger partial charge in [0.05, 0.1) is 12.3 Å². The zero-order valence-corrected chi connectivity index (χ0v) is 10.8. The first-order valence-corrected chi connectivity index (χ1v) is 6.20. The van der Waals surface area contributed by atoms with E-state index in [-0.39, 0.29) is 0 Å². The molecule has 1 saturated carbocycles. The first-order chi connectivity index (χ1) is 8.24. The summed E-state index contributed by atoms with van der Waals surface area (Å²) in [4.78, 5) is 8.68. The number of hydrogen-bond acceptors (Lipinski definition) is 4. The van der Waals surface area contributed by atoms with Gasteiger partial charge < -0.3 is 9.47 Å². The Kier molecular flexibility index (Phi) is 3.94. The summed E-state index contributed by atoms with van der Waals surface area (Å²) < 4.78 is 10.7. The van der Waals surface area contributed by atoms with E-state index in [1.54, 1.807) is 13.4 Å². The third-order valence-electron chi connectivity index (χ3n) is 2.95. The van der Waals surface area contributed by atoms with Crippen LogP contribution in [-0.4, -0.2) is 30.3 Å². The van der Waals surface area contributed by atoms with Crippen molar-refractivity contribution in [1.82, 2.24) is 9.97 Å². The van der Waals surface area contributed by atoms with E-state index in [1.165, 1.54) is 24.1 Å². The summed E-state index contributed by atoms with van der Waals surface area (Å²) in [6.07, 6.45) is 4.10. The Labute approximate surface area is 102 Å². The van der Waals surface area contributed by atoms with Gasteiger partial charge in [0.2, 0.25) is 5.88 Å². The minimum atomic E-state index is 0.393. The molecule has 1 aliphatic rings. The quantitative estimate of drug-likeness (QED) is 0.712. The van der Waals surface area contributed by atoms with Gasteiger partial charge in [0.15, 0.2) is 0 Å². The molecule has 0 aliphatic heterocycles. The lowest BCUT2D eigenvalue weighted by molar-refractivity contribution is 0.142. The Hall–Kier alpha value is -1.16. The van der Waals surface area contributed by atoms with E-state index in [0.717, 1.165) is 5.88 Å². The summed E-state index contributed by atoms with van der Waals surface area (Å²) in [6, 6.07) is 0. The van der Waals surface area contributed by atoms with E-state index in [2.05, 4.69) is 23.8 Å². The molecule has 1 aromatic heterocycles. The predicted octanol–water partition coefficient (Wildman–Crippen LogP) is 2.50. The molecule has 0 saturated heterocycles. The van der Waals surface area contributed by atoms with Gasteiger partial charge in [-0.25, -0.2) is 9.97 Å². The molecule has 0 unspecified atom stereocenters. The number of aromatic nitrogens is 2.